The van der Waals surface area contributed by atoms with Crippen LogP contribution in [-0.4, -0.2) is 10.1 Å². The lowest BCUT2D eigenvalue weighted by atomic mass is 10.1. The molecule has 0 amide bonds. The molecule has 5 nitrogen and oxygen atoms in total. The van der Waals surface area contributed by atoms with E-state index in [0.29, 0.717) is 5.56 Å². The van der Waals surface area contributed by atoms with Crippen LogP contribution in [0.3, 0.4) is 0 Å². The summed E-state index contributed by atoms with van der Waals surface area (Å²) >= 11 is 0. The van der Waals surface area contributed by atoms with E-state index in [2.05, 4.69) is 0 Å². The van der Waals surface area contributed by atoms with E-state index in [1.807, 2.05) is 5.48 Å². The topological polar surface area (TPSA) is 75.4 Å². The molecule has 0 aliphatic heterocycles. The molecule has 1 rings (SSSR count). The SMILES string of the molecule is CC(NO)c1ccccc1[N+](=O)[O-]. The lowest BCUT2D eigenvalue weighted by Gasteiger charge is -2.08. The Labute approximate surface area is 75.1 Å². The number of hydroxylamine groups is 1. The van der Waals surface area contributed by atoms with E-state index in [4.69, 9.17) is 5.21 Å². The van der Waals surface area contributed by atoms with Gasteiger partial charge in [-0.25, -0.2) is 0 Å². The summed E-state index contributed by atoms with van der Waals surface area (Å²) in [6.07, 6.45) is 0. The predicted molar refractivity (Wildman–Crippen MR) is 46.4 cm³/mol. The van der Waals surface area contributed by atoms with E-state index in [0.717, 1.165) is 0 Å². The zero-order valence-corrected chi connectivity index (χ0v) is 7.10. The Balaban J connectivity index is 3.11. The van der Waals surface area contributed by atoms with Gasteiger partial charge in [-0.05, 0) is 6.92 Å². The van der Waals surface area contributed by atoms with Crippen LogP contribution in [0.15, 0.2) is 24.3 Å². The van der Waals surface area contributed by atoms with E-state index in [9.17, 15) is 10.1 Å². The second kappa shape index (κ2) is 3.97. The number of benzene rings is 1. The Bertz CT molecular complexity index is 314. The number of rotatable bonds is 3. The largest absolute Gasteiger partial charge is 0.316 e. The summed E-state index contributed by atoms with van der Waals surface area (Å²) in [5.41, 5.74) is 2.45. The van der Waals surface area contributed by atoms with Crippen molar-refractivity contribution in [2.75, 3.05) is 0 Å². The van der Waals surface area contributed by atoms with Gasteiger partial charge in [0.2, 0.25) is 0 Å². The molecule has 0 aliphatic carbocycles. The third kappa shape index (κ3) is 2.01. The highest BCUT2D eigenvalue weighted by Gasteiger charge is 2.16. The van der Waals surface area contributed by atoms with Crippen LogP contribution in [0.2, 0.25) is 0 Å². The highest BCUT2D eigenvalue weighted by Crippen LogP contribution is 2.23. The average molecular weight is 182 g/mol. The van der Waals surface area contributed by atoms with Gasteiger partial charge in [-0.2, -0.15) is 5.48 Å². The minimum absolute atomic E-state index is 0.0107. The number of nitro benzene ring substituents is 1. The molecule has 0 radical (unpaired) electrons. The van der Waals surface area contributed by atoms with Crippen LogP contribution >= 0.6 is 0 Å². The summed E-state index contributed by atoms with van der Waals surface area (Å²) in [7, 11) is 0. The predicted octanol–water partition coefficient (Wildman–Crippen LogP) is 1.63. The van der Waals surface area contributed by atoms with E-state index in [1.54, 1.807) is 25.1 Å². The van der Waals surface area contributed by atoms with Crippen molar-refractivity contribution in [1.29, 1.82) is 0 Å². The van der Waals surface area contributed by atoms with Crippen LogP contribution < -0.4 is 5.48 Å². The maximum absolute atomic E-state index is 10.5. The van der Waals surface area contributed by atoms with Crippen molar-refractivity contribution < 1.29 is 10.1 Å². The van der Waals surface area contributed by atoms with E-state index in [1.165, 1.54) is 6.07 Å². The van der Waals surface area contributed by atoms with Gasteiger partial charge in [0.25, 0.3) is 5.69 Å². The molecular weight excluding hydrogens is 172 g/mol. The number of nitrogens with zero attached hydrogens (tertiary/aromatic N) is 1. The fourth-order valence-electron chi connectivity index (χ4n) is 1.09. The molecule has 1 aromatic carbocycles. The molecule has 1 atom stereocenters. The Hall–Kier alpha value is -1.46. The van der Waals surface area contributed by atoms with Gasteiger partial charge in [0, 0.05) is 11.6 Å². The molecule has 0 aromatic heterocycles. The maximum atomic E-state index is 10.5. The first-order valence-electron chi connectivity index (χ1n) is 3.79. The molecule has 0 saturated heterocycles. The van der Waals surface area contributed by atoms with Gasteiger partial charge < -0.3 is 5.21 Å². The molecule has 2 N–H and O–H groups in total. The molecule has 1 unspecified atom stereocenters. The third-order valence-corrected chi connectivity index (χ3v) is 1.79. The average Bonchev–Trinajstić information content (AvgIpc) is 2.16. The summed E-state index contributed by atoms with van der Waals surface area (Å²) in [6.45, 7) is 1.64. The molecule has 0 aliphatic rings. The van der Waals surface area contributed by atoms with Gasteiger partial charge in [-0.15, -0.1) is 0 Å². The van der Waals surface area contributed by atoms with Crippen LogP contribution in [0.5, 0.6) is 0 Å². The molecule has 0 spiro atoms. The first-order chi connectivity index (χ1) is 6.16. The van der Waals surface area contributed by atoms with Gasteiger partial charge in [-0.3, -0.25) is 10.1 Å². The molecule has 0 heterocycles. The van der Waals surface area contributed by atoms with Crippen LogP contribution in [-0.2, 0) is 0 Å². The number of nitrogens with one attached hydrogen (secondary N) is 1. The minimum Gasteiger partial charge on any atom is -0.316 e. The van der Waals surface area contributed by atoms with Crippen molar-refractivity contribution in [3.8, 4) is 0 Å². The highest BCUT2D eigenvalue weighted by atomic mass is 16.6. The quantitative estimate of drug-likeness (QED) is 0.550. The minimum atomic E-state index is -0.469. The van der Waals surface area contributed by atoms with Gasteiger partial charge >= 0.3 is 0 Å². The van der Waals surface area contributed by atoms with Gasteiger partial charge in [0.15, 0.2) is 0 Å². The number of hydrogen-bond acceptors (Lipinski definition) is 4. The smallest absolute Gasteiger partial charge is 0.274 e. The zero-order chi connectivity index (χ0) is 9.84. The first kappa shape index (κ1) is 9.63. The molecular formula is C8H10N2O3. The summed E-state index contributed by atoms with van der Waals surface area (Å²) in [5, 5.41) is 19.2. The van der Waals surface area contributed by atoms with E-state index in [-0.39, 0.29) is 5.69 Å². The van der Waals surface area contributed by atoms with E-state index < -0.39 is 11.0 Å². The molecule has 70 valence electrons. The first-order valence-corrected chi connectivity index (χ1v) is 3.79. The zero-order valence-electron chi connectivity index (χ0n) is 7.10. The molecule has 0 bridgehead atoms. The standard InChI is InChI=1S/C8H10N2O3/c1-6(9-11)7-4-2-3-5-8(7)10(12)13/h2-6,9,11H,1H3. The fourth-order valence-corrected chi connectivity index (χ4v) is 1.09. The lowest BCUT2D eigenvalue weighted by molar-refractivity contribution is -0.385. The van der Waals surface area contributed by atoms with Gasteiger partial charge in [-0.1, -0.05) is 18.2 Å². The maximum Gasteiger partial charge on any atom is 0.274 e. The summed E-state index contributed by atoms with van der Waals surface area (Å²) < 4.78 is 0. The van der Waals surface area contributed by atoms with Crippen molar-refractivity contribution in [2.45, 2.75) is 13.0 Å². The van der Waals surface area contributed by atoms with Crippen LogP contribution in [0, 0.1) is 10.1 Å². The summed E-state index contributed by atoms with van der Waals surface area (Å²) in [6, 6.07) is 5.85. The van der Waals surface area contributed by atoms with Crippen molar-refractivity contribution in [1.82, 2.24) is 5.48 Å². The Kier molecular flexibility index (Phi) is 2.94. The molecule has 0 saturated carbocycles. The normalized spacial score (nSPS) is 12.5. The molecule has 13 heavy (non-hydrogen) atoms. The fraction of sp³-hybridized carbons (Fsp3) is 0.250. The number of hydrogen-bond donors (Lipinski definition) is 2. The molecule has 1 aromatic rings. The van der Waals surface area contributed by atoms with Gasteiger partial charge in [0.05, 0.1) is 11.0 Å². The lowest BCUT2D eigenvalue weighted by Crippen LogP contribution is -2.14. The Morgan fingerprint density at radius 2 is 2.15 bits per heavy atom. The third-order valence-electron chi connectivity index (χ3n) is 1.79. The summed E-state index contributed by atoms with van der Waals surface area (Å²) in [4.78, 5) is 10.1. The van der Waals surface area contributed by atoms with Gasteiger partial charge in [0.1, 0.15) is 0 Å². The molecule has 0 fully saturated rings. The number of para-hydroxylation sites is 1. The van der Waals surface area contributed by atoms with Crippen LogP contribution in [0.1, 0.15) is 18.5 Å². The van der Waals surface area contributed by atoms with Crippen LogP contribution in [0.25, 0.3) is 0 Å². The van der Waals surface area contributed by atoms with Crippen molar-refractivity contribution >= 4 is 5.69 Å². The number of nitro groups is 1. The van der Waals surface area contributed by atoms with Crippen molar-refractivity contribution in [3.63, 3.8) is 0 Å². The van der Waals surface area contributed by atoms with Crippen molar-refractivity contribution in [3.05, 3.63) is 39.9 Å². The van der Waals surface area contributed by atoms with Crippen molar-refractivity contribution in [2.24, 2.45) is 0 Å². The highest BCUT2D eigenvalue weighted by molar-refractivity contribution is 5.41. The Morgan fingerprint density at radius 1 is 1.54 bits per heavy atom. The monoisotopic (exact) mass is 182 g/mol. The Morgan fingerprint density at radius 3 is 2.69 bits per heavy atom. The second-order valence-electron chi connectivity index (χ2n) is 2.67. The second-order valence-corrected chi connectivity index (χ2v) is 2.67. The molecule has 5 heteroatoms. The summed E-state index contributed by atoms with van der Waals surface area (Å²) in [5.74, 6) is 0. The van der Waals surface area contributed by atoms with E-state index >= 15 is 0 Å². The van der Waals surface area contributed by atoms with Crippen LogP contribution in [0.4, 0.5) is 5.69 Å².